The second kappa shape index (κ2) is 9.36. The zero-order valence-corrected chi connectivity index (χ0v) is 17.4. The van der Waals surface area contributed by atoms with Gasteiger partial charge in [-0.05, 0) is 48.9 Å². The summed E-state index contributed by atoms with van der Waals surface area (Å²) in [6, 6.07) is 16.3. The number of carbonyl (C=O) groups is 1. The SMILES string of the molecule is CCCOc1ccc(-c2ccc(NS(=O)(=O)c3ccc(NC(C)=O)cc3)cc2)nn1. The lowest BCUT2D eigenvalue weighted by Crippen LogP contribution is -2.13. The van der Waals surface area contributed by atoms with E-state index in [1.165, 1.54) is 31.2 Å². The van der Waals surface area contributed by atoms with E-state index in [0.29, 0.717) is 29.6 Å². The number of nitrogens with one attached hydrogen (secondary N) is 2. The third-order valence-electron chi connectivity index (χ3n) is 4.01. The largest absolute Gasteiger partial charge is 0.477 e. The van der Waals surface area contributed by atoms with Crippen LogP contribution in [0.4, 0.5) is 11.4 Å². The summed E-state index contributed by atoms with van der Waals surface area (Å²) < 4.78 is 33.1. The zero-order chi connectivity index (χ0) is 21.6. The van der Waals surface area contributed by atoms with Crippen LogP contribution in [0.3, 0.4) is 0 Å². The molecule has 0 fully saturated rings. The van der Waals surface area contributed by atoms with E-state index in [1.807, 2.05) is 6.92 Å². The van der Waals surface area contributed by atoms with Gasteiger partial charge >= 0.3 is 0 Å². The number of carbonyl (C=O) groups excluding carboxylic acids is 1. The maximum Gasteiger partial charge on any atom is 0.261 e. The van der Waals surface area contributed by atoms with Gasteiger partial charge in [-0.25, -0.2) is 8.42 Å². The third kappa shape index (κ3) is 5.54. The van der Waals surface area contributed by atoms with Gasteiger partial charge in [-0.2, -0.15) is 0 Å². The van der Waals surface area contributed by atoms with Crippen LogP contribution in [0.25, 0.3) is 11.3 Å². The maximum absolute atomic E-state index is 12.6. The molecule has 0 spiro atoms. The van der Waals surface area contributed by atoms with Crippen molar-refractivity contribution in [2.24, 2.45) is 0 Å². The first-order valence-corrected chi connectivity index (χ1v) is 10.8. The van der Waals surface area contributed by atoms with Crippen molar-refractivity contribution >= 4 is 27.3 Å². The summed E-state index contributed by atoms with van der Waals surface area (Å²) in [6.45, 7) is 3.98. The Kier molecular flexibility index (Phi) is 6.63. The van der Waals surface area contributed by atoms with E-state index in [9.17, 15) is 13.2 Å². The molecule has 156 valence electrons. The van der Waals surface area contributed by atoms with Gasteiger partial charge in [-0.15, -0.1) is 10.2 Å². The first-order chi connectivity index (χ1) is 14.4. The van der Waals surface area contributed by atoms with Gasteiger partial charge in [0.1, 0.15) is 0 Å². The zero-order valence-electron chi connectivity index (χ0n) is 16.6. The topological polar surface area (TPSA) is 110 Å². The minimum atomic E-state index is -3.76. The molecule has 0 aliphatic carbocycles. The lowest BCUT2D eigenvalue weighted by molar-refractivity contribution is -0.114. The first-order valence-electron chi connectivity index (χ1n) is 9.35. The molecular formula is C21H22N4O4S. The molecule has 1 aromatic heterocycles. The van der Waals surface area contributed by atoms with Gasteiger partial charge in [-0.3, -0.25) is 9.52 Å². The van der Waals surface area contributed by atoms with E-state index in [4.69, 9.17) is 4.74 Å². The number of amides is 1. The summed E-state index contributed by atoms with van der Waals surface area (Å²) in [4.78, 5) is 11.2. The molecule has 3 aromatic rings. The van der Waals surface area contributed by atoms with Crippen LogP contribution in [0.15, 0.2) is 65.6 Å². The van der Waals surface area contributed by atoms with Gasteiger partial charge in [-0.1, -0.05) is 19.1 Å². The predicted octanol–water partition coefficient (Wildman–Crippen LogP) is 3.69. The highest BCUT2D eigenvalue weighted by atomic mass is 32.2. The third-order valence-corrected chi connectivity index (χ3v) is 5.41. The molecular weight excluding hydrogens is 404 g/mol. The van der Waals surface area contributed by atoms with Crippen molar-refractivity contribution in [2.45, 2.75) is 25.2 Å². The summed E-state index contributed by atoms with van der Waals surface area (Å²) in [5.41, 5.74) is 2.40. The van der Waals surface area contributed by atoms with Crippen molar-refractivity contribution in [1.29, 1.82) is 0 Å². The average molecular weight is 426 g/mol. The van der Waals surface area contributed by atoms with Crippen LogP contribution in [0.2, 0.25) is 0 Å². The molecule has 8 nitrogen and oxygen atoms in total. The average Bonchev–Trinajstić information content (AvgIpc) is 2.73. The molecule has 0 atom stereocenters. The van der Waals surface area contributed by atoms with Crippen LogP contribution in [-0.4, -0.2) is 31.1 Å². The molecule has 0 aliphatic heterocycles. The fourth-order valence-corrected chi connectivity index (χ4v) is 3.66. The summed E-state index contributed by atoms with van der Waals surface area (Å²) >= 11 is 0. The molecule has 3 rings (SSSR count). The Hall–Kier alpha value is -3.46. The fourth-order valence-electron chi connectivity index (χ4n) is 2.60. The Morgan fingerprint density at radius 1 is 0.933 bits per heavy atom. The van der Waals surface area contributed by atoms with Crippen LogP contribution in [0.1, 0.15) is 20.3 Å². The van der Waals surface area contributed by atoms with E-state index in [-0.39, 0.29) is 10.8 Å². The molecule has 2 N–H and O–H groups in total. The van der Waals surface area contributed by atoms with Crippen molar-refractivity contribution < 1.29 is 17.9 Å². The van der Waals surface area contributed by atoms with Crippen molar-refractivity contribution in [3.05, 3.63) is 60.7 Å². The second-order valence-corrected chi connectivity index (χ2v) is 8.18. The standard InChI is InChI=1S/C21H22N4O4S/c1-3-14-29-21-13-12-20(23-24-21)16-4-6-18(7-5-16)25-30(27,28)19-10-8-17(9-11-19)22-15(2)26/h4-13,25H,3,14H2,1-2H3,(H,22,26). The Balaban J connectivity index is 1.69. The Bertz CT molecular complexity index is 1100. The van der Waals surface area contributed by atoms with Gasteiger partial charge in [0, 0.05) is 29.9 Å². The number of nitrogens with zero attached hydrogens (tertiary/aromatic N) is 2. The van der Waals surface area contributed by atoms with Crippen molar-refractivity contribution in [3.63, 3.8) is 0 Å². The molecule has 1 amide bonds. The molecule has 1 heterocycles. The normalized spacial score (nSPS) is 11.0. The highest BCUT2D eigenvalue weighted by Gasteiger charge is 2.14. The van der Waals surface area contributed by atoms with E-state index in [1.54, 1.807) is 36.4 Å². The Morgan fingerprint density at radius 2 is 1.60 bits per heavy atom. The highest BCUT2D eigenvalue weighted by Crippen LogP contribution is 2.23. The smallest absolute Gasteiger partial charge is 0.261 e. The minimum Gasteiger partial charge on any atom is -0.477 e. The lowest BCUT2D eigenvalue weighted by atomic mass is 10.1. The number of hydrogen-bond acceptors (Lipinski definition) is 6. The summed E-state index contributed by atoms with van der Waals surface area (Å²) in [7, 11) is -3.76. The number of sulfonamides is 1. The van der Waals surface area contributed by atoms with E-state index >= 15 is 0 Å². The minimum absolute atomic E-state index is 0.0919. The monoisotopic (exact) mass is 426 g/mol. The number of rotatable bonds is 8. The summed E-state index contributed by atoms with van der Waals surface area (Å²) in [6.07, 6.45) is 0.889. The van der Waals surface area contributed by atoms with E-state index < -0.39 is 10.0 Å². The Morgan fingerprint density at radius 3 is 2.17 bits per heavy atom. The molecule has 2 aromatic carbocycles. The Labute approximate surface area is 175 Å². The van der Waals surface area contributed by atoms with Gasteiger partial charge in [0.2, 0.25) is 11.8 Å². The van der Waals surface area contributed by atoms with Crippen molar-refractivity contribution in [1.82, 2.24) is 10.2 Å². The second-order valence-electron chi connectivity index (χ2n) is 6.49. The fraction of sp³-hybridized carbons (Fsp3) is 0.190. The molecule has 30 heavy (non-hydrogen) atoms. The molecule has 0 radical (unpaired) electrons. The molecule has 0 bridgehead atoms. The lowest BCUT2D eigenvalue weighted by Gasteiger charge is -2.10. The van der Waals surface area contributed by atoms with Crippen LogP contribution in [0, 0.1) is 0 Å². The highest BCUT2D eigenvalue weighted by molar-refractivity contribution is 7.92. The molecule has 9 heteroatoms. The molecule has 0 aliphatic rings. The van der Waals surface area contributed by atoms with E-state index in [2.05, 4.69) is 20.2 Å². The van der Waals surface area contributed by atoms with Gasteiger partial charge in [0.25, 0.3) is 10.0 Å². The number of ether oxygens (including phenoxy) is 1. The van der Waals surface area contributed by atoms with Crippen molar-refractivity contribution in [2.75, 3.05) is 16.6 Å². The molecule has 0 saturated carbocycles. The molecule has 0 saturated heterocycles. The van der Waals surface area contributed by atoms with Crippen LogP contribution < -0.4 is 14.8 Å². The van der Waals surface area contributed by atoms with Gasteiger partial charge in [0.15, 0.2) is 0 Å². The van der Waals surface area contributed by atoms with Crippen molar-refractivity contribution in [3.8, 4) is 17.1 Å². The van der Waals surface area contributed by atoms with Crippen LogP contribution >= 0.6 is 0 Å². The van der Waals surface area contributed by atoms with Crippen LogP contribution in [0.5, 0.6) is 5.88 Å². The quantitative estimate of drug-likeness (QED) is 0.568. The summed E-state index contributed by atoms with van der Waals surface area (Å²) in [5.74, 6) is 0.242. The summed E-state index contributed by atoms with van der Waals surface area (Å²) in [5, 5.41) is 10.8. The van der Waals surface area contributed by atoms with Gasteiger partial charge < -0.3 is 10.1 Å². The molecule has 0 unspecified atom stereocenters. The number of aromatic nitrogens is 2. The number of hydrogen-bond donors (Lipinski definition) is 2. The van der Waals surface area contributed by atoms with Gasteiger partial charge in [0.05, 0.1) is 17.2 Å². The van der Waals surface area contributed by atoms with E-state index in [0.717, 1.165) is 12.0 Å². The predicted molar refractivity (Wildman–Crippen MR) is 115 cm³/mol. The maximum atomic E-state index is 12.6. The number of anilines is 2. The van der Waals surface area contributed by atoms with Crippen LogP contribution in [-0.2, 0) is 14.8 Å². The first kappa shape index (κ1) is 21.3. The number of benzene rings is 2.